The van der Waals surface area contributed by atoms with Crippen LogP contribution in [0, 0.1) is 29.6 Å². The lowest BCUT2D eigenvalue weighted by Gasteiger charge is -2.42. The number of rotatable bonds is 17. The van der Waals surface area contributed by atoms with E-state index in [9.17, 15) is 14.7 Å². The van der Waals surface area contributed by atoms with Crippen LogP contribution in [0.15, 0.2) is 59.6 Å². The minimum absolute atomic E-state index is 0.00728. The van der Waals surface area contributed by atoms with Gasteiger partial charge in [0.05, 0.1) is 43.9 Å². The molecule has 0 spiro atoms. The van der Waals surface area contributed by atoms with Crippen molar-refractivity contribution in [2.24, 2.45) is 29.6 Å². The number of methoxy groups -OCH3 is 1. The summed E-state index contributed by atoms with van der Waals surface area (Å²) in [6.07, 6.45) is 8.67. The molecule has 1 aromatic rings. The zero-order valence-corrected chi connectivity index (χ0v) is 33.4. The van der Waals surface area contributed by atoms with E-state index in [-0.39, 0.29) is 59.9 Å². The molecule has 9 nitrogen and oxygen atoms in total. The number of benzene rings is 1. The monoisotopic (exact) mass is 763 g/mol. The van der Waals surface area contributed by atoms with Crippen molar-refractivity contribution in [1.29, 1.82) is 0 Å². The summed E-state index contributed by atoms with van der Waals surface area (Å²) in [5.74, 6) is 0.712. The molecule has 3 rings (SSSR count). The Hall–Kier alpha value is -2.28. The van der Waals surface area contributed by atoms with E-state index >= 15 is 0 Å². The van der Waals surface area contributed by atoms with Gasteiger partial charge in [0.15, 0.2) is 8.32 Å². The van der Waals surface area contributed by atoms with Crippen LogP contribution in [0.4, 0.5) is 0 Å². The van der Waals surface area contributed by atoms with Gasteiger partial charge in [-0.15, -0.1) is 0 Å². The van der Waals surface area contributed by atoms with E-state index in [1.807, 2.05) is 30.3 Å². The van der Waals surface area contributed by atoms with Crippen molar-refractivity contribution in [3.63, 3.8) is 0 Å². The predicted octanol–water partition coefficient (Wildman–Crippen LogP) is 7.60. The largest absolute Gasteiger partial charge is 0.497 e. The zero-order valence-electron chi connectivity index (χ0n) is 30.8. The fourth-order valence-electron chi connectivity index (χ4n) is 6.75. The molecule has 0 bridgehead atoms. The summed E-state index contributed by atoms with van der Waals surface area (Å²) in [6.45, 7) is 17.5. The van der Waals surface area contributed by atoms with Crippen molar-refractivity contribution in [1.82, 2.24) is 5.06 Å². The number of hydrogen-bond donors (Lipinski definition) is 1. The summed E-state index contributed by atoms with van der Waals surface area (Å²) in [6, 6.07) is 7.94. The highest BCUT2D eigenvalue weighted by Gasteiger charge is 2.48. The molecule has 49 heavy (non-hydrogen) atoms. The van der Waals surface area contributed by atoms with Crippen LogP contribution in [-0.4, -0.2) is 76.5 Å². The molecule has 0 aromatic heterocycles. The second-order valence-corrected chi connectivity index (χ2v) is 20.6. The van der Waals surface area contributed by atoms with Gasteiger partial charge in [0.25, 0.3) is 0 Å². The number of aliphatic hydroxyl groups is 1. The third-order valence-electron chi connectivity index (χ3n) is 10.5. The van der Waals surface area contributed by atoms with Crippen molar-refractivity contribution in [2.45, 2.75) is 96.4 Å². The first-order chi connectivity index (χ1) is 23.0. The van der Waals surface area contributed by atoms with Crippen molar-refractivity contribution < 1.29 is 38.2 Å². The number of hydroxylamine groups is 2. The first kappa shape index (κ1) is 41.1. The Balaban J connectivity index is 1.93. The van der Waals surface area contributed by atoms with E-state index in [4.69, 9.17) is 23.5 Å². The number of esters is 1. The number of carbonyl (C=O) groups is 2. The van der Waals surface area contributed by atoms with Crippen LogP contribution in [0.25, 0.3) is 0 Å². The first-order valence-electron chi connectivity index (χ1n) is 17.3. The maximum atomic E-state index is 12.9. The standard InChI is InChI=1S/C38H58BrNO8Si/c1-11-18-46-37(43)34(39)23-32-27(20-30(48-49(9,10)38(3,4)5)21-28(41)22-35(42)40(6)45-8)14-17-31-33(32)19-25(2)36(31)47-24-26-12-15-29(44-7)16-13-26/h11-17,23,25,27-28,30-33,36,41H,1,18-22,24H2,2-10H3/b34-23+/t25-,27+,28+,30+,31-,32-,33-,36-/m1/s1. The van der Waals surface area contributed by atoms with Crippen LogP contribution in [0.1, 0.15) is 58.9 Å². The van der Waals surface area contributed by atoms with E-state index in [0.717, 1.165) is 22.8 Å². The average Bonchev–Trinajstić information content (AvgIpc) is 3.37. The molecule has 1 fully saturated rings. The predicted molar refractivity (Wildman–Crippen MR) is 198 cm³/mol. The molecule has 11 heteroatoms. The van der Waals surface area contributed by atoms with E-state index < -0.39 is 20.4 Å². The summed E-state index contributed by atoms with van der Waals surface area (Å²) in [5, 5.41) is 12.2. The quantitative estimate of drug-likeness (QED) is 0.0569. The minimum atomic E-state index is -2.26. The lowest BCUT2D eigenvalue weighted by Crippen LogP contribution is -2.46. The third kappa shape index (κ3) is 11.4. The van der Waals surface area contributed by atoms with E-state index in [0.29, 0.717) is 29.8 Å². The molecule has 1 N–H and O–H groups in total. The number of halogens is 1. The van der Waals surface area contributed by atoms with Gasteiger partial charge >= 0.3 is 5.97 Å². The molecule has 8 atom stereocenters. The lowest BCUT2D eigenvalue weighted by molar-refractivity contribution is -0.171. The molecule has 1 saturated carbocycles. The Kier molecular flexibility index (Phi) is 15.3. The number of carbonyl (C=O) groups excluding carboxylic acids is 2. The van der Waals surface area contributed by atoms with Gasteiger partial charge in [-0.25, -0.2) is 9.86 Å². The molecule has 0 unspecified atom stereocenters. The lowest BCUT2D eigenvalue weighted by atomic mass is 9.69. The van der Waals surface area contributed by atoms with Crippen LogP contribution >= 0.6 is 15.9 Å². The fraction of sp³-hybridized carbons (Fsp3) is 0.632. The van der Waals surface area contributed by atoms with Crippen LogP contribution in [0.3, 0.4) is 0 Å². The van der Waals surface area contributed by atoms with Gasteiger partial charge in [-0.05, 0) is 94.7 Å². The Labute approximate surface area is 303 Å². The van der Waals surface area contributed by atoms with E-state index in [2.05, 4.69) is 75.4 Å². The summed E-state index contributed by atoms with van der Waals surface area (Å²) in [5.41, 5.74) is 1.08. The molecule has 0 aliphatic heterocycles. The van der Waals surface area contributed by atoms with Gasteiger partial charge in [0.1, 0.15) is 12.4 Å². The zero-order chi connectivity index (χ0) is 36.5. The maximum Gasteiger partial charge on any atom is 0.345 e. The van der Waals surface area contributed by atoms with E-state index in [1.165, 1.54) is 14.2 Å². The molecule has 0 saturated heterocycles. The molecule has 1 amide bonds. The smallest absolute Gasteiger partial charge is 0.345 e. The van der Waals surface area contributed by atoms with Gasteiger partial charge in [-0.2, -0.15) is 0 Å². The van der Waals surface area contributed by atoms with Crippen LogP contribution in [-0.2, 0) is 34.9 Å². The van der Waals surface area contributed by atoms with Crippen LogP contribution in [0.5, 0.6) is 5.75 Å². The number of aliphatic hydroxyl groups excluding tert-OH is 1. The number of allylic oxidation sites excluding steroid dienone is 2. The van der Waals surface area contributed by atoms with Crippen molar-refractivity contribution in [3.8, 4) is 5.75 Å². The molecular weight excluding hydrogens is 706 g/mol. The highest BCUT2D eigenvalue weighted by atomic mass is 79.9. The summed E-state index contributed by atoms with van der Waals surface area (Å²) < 4.78 is 24.6. The van der Waals surface area contributed by atoms with E-state index in [1.54, 1.807) is 13.2 Å². The van der Waals surface area contributed by atoms with Gasteiger partial charge in [0, 0.05) is 19.1 Å². The van der Waals surface area contributed by atoms with Crippen molar-refractivity contribution in [3.05, 3.63) is 65.2 Å². The molecule has 1 aromatic carbocycles. The number of ether oxygens (including phenoxy) is 3. The minimum Gasteiger partial charge on any atom is -0.497 e. The average molecular weight is 765 g/mol. The van der Waals surface area contributed by atoms with Crippen molar-refractivity contribution >= 4 is 36.1 Å². The second kappa shape index (κ2) is 18.3. The number of nitrogens with zero attached hydrogens (tertiary/aromatic N) is 1. The first-order valence-corrected chi connectivity index (χ1v) is 21.0. The molecule has 2 aliphatic carbocycles. The molecule has 274 valence electrons. The highest BCUT2D eigenvalue weighted by Crippen LogP contribution is 2.51. The SMILES string of the molecule is C=CCOC(=O)/C(Br)=C\[C@H]1[C@@H]2C[C@@H](C)[C@@H](OCc3ccc(OC)cc3)[C@@H]2C=C[C@H]1C[C@@H](C[C@H](O)CC(=O)N(C)OC)O[Si](C)(C)C(C)(C)C. The summed E-state index contributed by atoms with van der Waals surface area (Å²) in [4.78, 5) is 30.5. The molecule has 0 heterocycles. The summed E-state index contributed by atoms with van der Waals surface area (Å²) >= 11 is 3.53. The Morgan fingerprint density at radius 1 is 1.16 bits per heavy atom. The molecule has 0 radical (unpaired) electrons. The third-order valence-corrected chi connectivity index (χ3v) is 15.6. The Morgan fingerprint density at radius 3 is 2.43 bits per heavy atom. The normalized spacial score (nSPS) is 25.3. The van der Waals surface area contributed by atoms with Crippen LogP contribution in [0.2, 0.25) is 18.1 Å². The second-order valence-electron chi connectivity index (χ2n) is 15.0. The molecule has 2 aliphatic rings. The van der Waals surface area contributed by atoms with Crippen LogP contribution < -0.4 is 4.74 Å². The van der Waals surface area contributed by atoms with Gasteiger partial charge < -0.3 is 23.7 Å². The Morgan fingerprint density at radius 2 is 1.84 bits per heavy atom. The van der Waals surface area contributed by atoms with Gasteiger partial charge in [-0.1, -0.05) is 70.7 Å². The van der Waals surface area contributed by atoms with Crippen molar-refractivity contribution in [2.75, 3.05) is 27.9 Å². The Bertz CT molecular complexity index is 1310. The van der Waals surface area contributed by atoms with Gasteiger partial charge in [-0.3, -0.25) is 9.63 Å². The number of fused-ring (bicyclic) bond motifs is 1. The number of hydrogen-bond acceptors (Lipinski definition) is 8. The molecular formula is C38H58BrNO8Si. The topological polar surface area (TPSA) is 104 Å². The fourth-order valence-corrected chi connectivity index (χ4v) is 8.55. The highest BCUT2D eigenvalue weighted by molar-refractivity contribution is 9.12. The number of amides is 1. The van der Waals surface area contributed by atoms with Gasteiger partial charge in [0.2, 0.25) is 5.91 Å². The maximum absolute atomic E-state index is 12.9. The summed E-state index contributed by atoms with van der Waals surface area (Å²) in [7, 11) is 2.35.